The number of nitrogens with one attached hydrogen (secondary N) is 2. The Labute approximate surface area is 179 Å². The molecule has 2 N–H and O–H groups in total. The molecule has 2 unspecified atom stereocenters. The molecule has 154 valence electrons. The fourth-order valence-corrected chi connectivity index (χ4v) is 3.51. The van der Waals surface area contributed by atoms with Crippen LogP contribution in [0, 0.1) is 0 Å². The molecule has 1 saturated carbocycles. The molecule has 1 aromatic rings. The van der Waals surface area contributed by atoms with Crippen LogP contribution in [0.4, 0.5) is 0 Å². The minimum absolute atomic E-state index is 0. The van der Waals surface area contributed by atoms with Crippen molar-refractivity contribution in [1.29, 1.82) is 0 Å². The van der Waals surface area contributed by atoms with Gasteiger partial charge in [-0.05, 0) is 38.3 Å². The number of hydrogen-bond acceptors (Lipinski definition) is 4. The van der Waals surface area contributed by atoms with Gasteiger partial charge in [0, 0.05) is 31.7 Å². The van der Waals surface area contributed by atoms with Gasteiger partial charge >= 0.3 is 0 Å². The molecule has 2 atom stereocenters. The SMILES string of the molecule is CC(COC1CCOC1)NC(=NCCc1ccco1)NC1CCCCC1.I. The molecule has 0 amide bonds. The Morgan fingerprint density at radius 3 is 2.85 bits per heavy atom. The first kappa shape index (κ1) is 22.5. The normalized spacial score (nSPS) is 22.3. The van der Waals surface area contributed by atoms with Gasteiger partial charge in [-0.25, -0.2) is 0 Å². The Hall–Kier alpha value is -0.800. The van der Waals surface area contributed by atoms with Crippen molar-refractivity contribution in [1.82, 2.24) is 10.6 Å². The largest absolute Gasteiger partial charge is 0.469 e. The summed E-state index contributed by atoms with van der Waals surface area (Å²) in [7, 11) is 0. The maximum absolute atomic E-state index is 5.93. The molecule has 6 nitrogen and oxygen atoms in total. The number of hydrogen-bond donors (Lipinski definition) is 2. The zero-order valence-corrected chi connectivity index (χ0v) is 18.7. The molecule has 1 aliphatic heterocycles. The molecule has 0 spiro atoms. The van der Waals surface area contributed by atoms with E-state index >= 15 is 0 Å². The number of aliphatic imine (C=N–C) groups is 1. The second-order valence-electron chi connectivity index (χ2n) is 7.40. The minimum Gasteiger partial charge on any atom is -0.469 e. The van der Waals surface area contributed by atoms with Crippen LogP contribution in [0.3, 0.4) is 0 Å². The molecule has 1 aliphatic carbocycles. The minimum atomic E-state index is 0. The monoisotopic (exact) mass is 491 g/mol. The molecule has 1 saturated heterocycles. The Bertz CT molecular complexity index is 527. The van der Waals surface area contributed by atoms with Crippen molar-refractivity contribution >= 4 is 29.9 Å². The molecule has 2 aliphatic rings. The molecule has 3 rings (SSSR count). The van der Waals surface area contributed by atoms with Gasteiger partial charge in [0.25, 0.3) is 0 Å². The van der Waals surface area contributed by atoms with E-state index in [1.54, 1.807) is 6.26 Å². The Kier molecular flexibility index (Phi) is 10.5. The second kappa shape index (κ2) is 12.6. The molecule has 27 heavy (non-hydrogen) atoms. The maximum atomic E-state index is 5.93. The zero-order chi connectivity index (χ0) is 18.0. The quantitative estimate of drug-likeness (QED) is 0.331. The van der Waals surface area contributed by atoms with Gasteiger partial charge in [0.1, 0.15) is 5.76 Å². The molecular weight excluding hydrogens is 457 g/mol. The average molecular weight is 491 g/mol. The van der Waals surface area contributed by atoms with Crippen LogP contribution < -0.4 is 10.6 Å². The van der Waals surface area contributed by atoms with Gasteiger partial charge in [-0.15, -0.1) is 24.0 Å². The molecule has 0 aromatic carbocycles. The first-order chi connectivity index (χ1) is 12.8. The summed E-state index contributed by atoms with van der Waals surface area (Å²) >= 11 is 0. The van der Waals surface area contributed by atoms with E-state index in [0.29, 0.717) is 19.2 Å². The second-order valence-corrected chi connectivity index (χ2v) is 7.40. The highest BCUT2D eigenvalue weighted by Gasteiger charge is 2.19. The number of guanidine groups is 1. The van der Waals surface area contributed by atoms with Crippen LogP contribution in [0.2, 0.25) is 0 Å². The van der Waals surface area contributed by atoms with Crippen LogP contribution in [0.5, 0.6) is 0 Å². The molecule has 2 heterocycles. The van der Waals surface area contributed by atoms with Crippen molar-refractivity contribution < 1.29 is 13.9 Å². The van der Waals surface area contributed by atoms with Crippen molar-refractivity contribution in [2.75, 3.05) is 26.4 Å². The highest BCUT2D eigenvalue weighted by atomic mass is 127. The predicted molar refractivity (Wildman–Crippen MR) is 118 cm³/mol. The molecular formula is C20H34IN3O3. The summed E-state index contributed by atoms with van der Waals surface area (Å²) in [5.41, 5.74) is 0. The first-order valence-electron chi connectivity index (χ1n) is 10.1. The number of furan rings is 1. The number of rotatable bonds is 8. The van der Waals surface area contributed by atoms with Crippen LogP contribution >= 0.6 is 24.0 Å². The summed E-state index contributed by atoms with van der Waals surface area (Å²) in [6, 6.07) is 4.64. The topological polar surface area (TPSA) is 68.0 Å². The third-order valence-corrected chi connectivity index (χ3v) is 5.01. The summed E-state index contributed by atoms with van der Waals surface area (Å²) < 4.78 is 16.7. The molecule has 7 heteroatoms. The molecule has 0 radical (unpaired) electrons. The standard InChI is InChI=1S/C20H33N3O3.HI/c1-16(14-26-19-10-13-24-15-19)22-20(23-17-6-3-2-4-7-17)21-11-9-18-8-5-12-25-18;/h5,8,12,16-17,19H,2-4,6-7,9-11,13-15H2,1H3,(H2,21,22,23);1H. The summed E-state index contributed by atoms with van der Waals surface area (Å²) in [4.78, 5) is 4.77. The van der Waals surface area contributed by atoms with E-state index in [4.69, 9.17) is 18.9 Å². The highest BCUT2D eigenvalue weighted by molar-refractivity contribution is 14.0. The van der Waals surface area contributed by atoms with Gasteiger partial charge in [0.05, 0.1) is 25.6 Å². The van der Waals surface area contributed by atoms with E-state index in [0.717, 1.165) is 37.8 Å². The lowest BCUT2D eigenvalue weighted by Gasteiger charge is -2.27. The lowest BCUT2D eigenvalue weighted by Crippen LogP contribution is -2.48. The number of nitrogens with zero attached hydrogens (tertiary/aromatic N) is 1. The maximum Gasteiger partial charge on any atom is 0.191 e. The van der Waals surface area contributed by atoms with E-state index in [9.17, 15) is 0 Å². The van der Waals surface area contributed by atoms with E-state index in [-0.39, 0.29) is 36.1 Å². The van der Waals surface area contributed by atoms with E-state index < -0.39 is 0 Å². The average Bonchev–Trinajstić information content (AvgIpc) is 3.35. The van der Waals surface area contributed by atoms with Crippen LogP contribution in [-0.2, 0) is 15.9 Å². The fraction of sp³-hybridized carbons (Fsp3) is 0.750. The van der Waals surface area contributed by atoms with E-state index in [1.807, 2.05) is 12.1 Å². The summed E-state index contributed by atoms with van der Waals surface area (Å²) in [5, 5.41) is 7.13. The summed E-state index contributed by atoms with van der Waals surface area (Å²) in [5.74, 6) is 1.87. The van der Waals surface area contributed by atoms with Gasteiger partial charge in [-0.3, -0.25) is 4.99 Å². The first-order valence-corrected chi connectivity index (χ1v) is 10.1. The van der Waals surface area contributed by atoms with Crippen molar-refractivity contribution in [3.8, 4) is 0 Å². The van der Waals surface area contributed by atoms with Crippen molar-refractivity contribution in [2.24, 2.45) is 4.99 Å². The van der Waals surface area contributed by atoms with Crippen LogP contribution in [0.1, 0.15) is 51.2 Å². The Morgan fingerprint density at radius 2 is 2.15 bits per heavy atom. The lowest BCUT2D eigenvalue weighted by atomic mass is 9.96. The molecule has 2 fully saturated rings. The number of halogens is 1. The molecule has 1 aromatic heterocycles. The van der Waals surface area contributed by atoms with E-state index in [1.165, 1.54) is 32.1 Å². The third kappa shape index (κ3) is 8.39. The van der Waals surface area contributed by atoms with Crippen LogP contribution in [0.15, 0.2) is 27.8 Å². The Balaban J connectivity index is 0.00000261. The highest BCUT2D eigenvalue weighted by Crippen LogP contribution is 2.17. The smallest absolute Gasteiger partial charge is 0.191 e. The van der Waals surface area contributed by atoms with Crippen molar-refractivity contribution in [2.45, 2.75) is 70.1 Å². The predicted octanol–water partition coefficient (Wildman–Crippen LogP) is 3.50. The summed E-state index contributed by atoms with van der Waals surface area (Å²) in [6.07, 6.45) is 10.2. The van der Waals surface area contributed by atoms with Gasteiger partial charge in [-0.2, -0.15) is 0 Å². The fourth-order valence-electron chi connectivity index (χ4n) is 3.51. The zero-order valence-electron chi connectivity index (χ0n) is 16.3. The van der Waals surface area contributed by atoms with Gasteiger partial charge in [0.15, 0.2) is 5.96 Å². The van der Waals surface area contributed by atoms with Crippen LogP contribution in [0.25, 0.3) is 0 Å². The van der Waals surface area contributed by atoms with Crippen molar-refractivity contribution in [3.63, 3.8) is 0 Å². The van der Waals surface area contributed by atoms with Gasteiger partial charge < -0.3 is 24.5 Å². The Morgan fingerprint density at radius 1 is 1.30 bits per heavy atom. The van der Waals surface area contributed by atoms with Gasteiger partial charge in [0.2, 0.25) is 0 Å². The van der Waals surface area contributed by atoms with Gasteiger partial charge in [-0.1, -0.05) is 19.3 Å². The number of ether oxygens (including phenoxy) is 2. The third-order valence-electron chi connectivity index (χ3n) is 5.01. The lowest BCUT2D eigenvalue weighted by molar-refractivity contribution is 0.0347. The van der Waals surface area contributed by atoms with E-state index in [2.05, 4.69) is 17.6 Å². The van der Waals surface area contributed by atoms with Crippen molar-refractivity contribution in [3.05, 3.63) is 24.2 Å². The summed E-state index contributed by atoms with van der Waals surface area (Å²) in [6.45, 7) is 5.05. The molecule has 0 bridgehead atoms. The van der Waals surface area contributed by atoms with Crippen LogP contribution in [-0.4, -0.2) is 50.5 Å².